The van der Waals surface area contributed by atoms with Crippen LogP contribution in [0.1, 0.15) is 26.2 Å². The zero-order chi connectivity index (χ0) is 12.1. The first-order valence-corrected chi connectivity index (χ1v) is 7.40. The molecule has 0 bridgehead atoms. The van der Waals surface area contributed by atoms with Crippen LogP contribution in [-0.4, -0.2) is 55.7 Å². The minimum absolute atomic E-state index is 0.372. The standard InChI is InChI=1S/C13H25ClN2O/c1-2-16-5-6-17-13(10-16)9-15-8-11-3-4-12(14)7-11/h11-13,15H,2-10H2,1H3. The fourth-order valence-corrected chi connectivity index (χ4v) is 3.22. The van der Waals surface area contributed by atoms with E-state index in [0.717, 1.165) is 45.2 Å². The Bertz CT molecular complexity index is 227. The van der Waals surface area contributed by atoms with Gasteiger partial charge in [0.05, 0.1) is 12.7 Å². The number of nitrogens with one attached hydrogen (secondary N) is 1. The number of halogens is 1. The van der Waals surface area contributed by atoms with Crippen LogP contribution in [0.5, 0.6) is 0 Å². The largest absolute Gasteiger partial charge is 0.374 e. The zero-order valence-corrected chi connectivity index (χ0v) is 11.6. The Balaban J connectivity index is 1.58. The highest BCUT2D eigenvalue weighted by Gasteiger charge is 2.23. The predicted octanol–water partition coefficient (Wildman–Crippen LogP) is 1.70. The molecule has 1 saturated carbocycles. The summed E-state index contributed by atoms with van der Waals surface area (Å²) in [4.78, 5) is 2.46. The summed E-state index contributed by atoms with van der Waals surface area (Å²) >= 11 is 6.11. The van der Waals surface area contributed by atoms with Gasteiger partial charge in [-0.2, -0.15) is 0 Å². The van der Waals surface area contributed by atoms with Crippen LogP contribution in [0, 0.1) is 5.92 Å². The molecular formula is C13H25ClN2O. The van der Waals surface area contributed by atoms with Gasteiger partial charge in [0, 0.05) is 25.0 Å². The van der Waals surface area contributed by atoms with Gasteiger partial charge in [0.25, 0.3) is 0 Å². The lowest BCUT2D eigenvalue weighted by atomic mass is 10.1. The molecule has 0 amide bonds. The summed E-state index contributed by atoms with van der Waals surface area (Å²) in [5.74, 6) is 0.781. The third-order valence-electron chi connectivity index (χ3n) is 3.95. The fourth-order valence-electron chi connectivity index (χ4n) is 2.84. The molecule has 3 nitrogen and oxygen atoms in total. The first-order chi connectivity index (χ1) is 8.28. The van der Waals surface area contributed by atoms with Crippen LogP contribution in [0.15, 0.2) is 0 Å². The monoisotopic (exact) mass is 260 g/mol. The number of morpholine rings is 1. The first kappa shape index (κ1) is 13.6. The van der Waals surface area contributed by atoms with Crippen molar-refractivity contribution in [1.82, 2.24) is 10.2 Å². The quantitative estimate of drug-likeness (QED) is 0.762. The Morgan fingerprint density at radius 3 is 2.94 bits per heavy atom. The summed E-state index contributed by atoms with van der Waals surface area (Å²) < 4.78 is 5.77. The van der Waals surface area contributed by atoms with Crippen molar-refractivity contribution in [2.75, 3.05) is 39.3 Å². The molecule has 3 atom stereocenters. The van der Waals surface area contributed by atoms with Gasteiger partial charge in [0.15, 0.2) is 0 Å². The van der Waals surface area contributed by atoms with Crippen LogP contribution in [0.2, 0.25) is 0 Å². The molecule has 2 rings (SSSR count). The Labute approximate surface area is 110 Å². The van der Waals surface area contributed by atoms with Gasteiger partial charge in [-0.25, -0.2) is 0 Å². The highest BCUT2D eigenvalue weighted by atomic mass is 35.5. The van der Waals surface area contributed by atoms with Crippen molar-refractivity contribution in [2.24, 2.45) is 5.92 Å². The van der Waals surface area contributed by atoms with Crippen molar-refractivity contribution in [2.45, 2.75) is 37.7 Å². The zero-order valence-electron chi connectivity index (χ0n) is 10.8. The number of hydrogen-bond donors (Lipinski definition) is 1. The predicted molar refractivity (Wildman–Crippen MR) is 71.7 cm³/mol. The van der Waals surface area contributed by atoms with Crippen LogP contribution < -0.4 is 5.32 Å². The van der Waals surface area contributed by atoms with E-state index in [-0.39, 0.29) is 0 Å². The van der Waals surface area contributed by atoms with Crippen LogP contribution in [0.3, 0.4) is 0 Å². The maximum atomic E-state index is 6.11. The van der Waals surface area contributed by atoms with Gasteiger partial charge in [0.1, 0.15) is 0 Å². The van der Waals surface area contributed by atoms with E-state index >= 15 is 0 Å². The highest BCUT2D eigenvalue weighted by Crippen LogP contribution is 2.28. The number of likely N-dealkylation sites (N-methyl/N-ethyl adjacent to an activating group) is 1. The van der Waals surface area contributed by atoms with E-state index in [2.05, 4.69) is 17.1 Å². The Morgan fingerprint density at radius 1 is 1.35 bits per heavy atom. The van der Waals surface area contributed by atoms with Crippen LogP contribution in [0.25, 0.3) is 0 Å². The minimum atomic E-state index is 0.372. The van der Waals surface area contributed by atoms with Crippen LogP contribution >= 0.6 is 11.6 Å². The van der Waals surface area contributed by atoms with Crippen molar-refractivity contribution in [1.29, 1.82) is 0 Å². The molecule has 0 aromatic carbocycles. The topological polar surface area (TPSA) is 24.5 Å². The second kappa shape index (κ2) is 6.93. The normalized spacial score (nSPS) is 35.3. The molecule has 0 aromatic rings. The van der Waals surface area contributed by atoms with Crippen molar-refractivity contribution in [3.8, 4) is 0 Å². The lowest BCUT2D eigenvalue weighted by Gasteiger charge is -2.32. The van der Waals surface area contributed by atoms with Gasteiger partial charge in [-0.1, -0.05) is 6.92 Å². The molecule has 1 aliphatic carbocycles. The Morgan fingerprint density at radius 2 is 2.24 bits per heavy atom. The number of alkyl halides is 1. The average molecular weight is 261 g/mol. The maximum Gasteiger partial charge on any atom is 0.0826 e. The molecule has 0 aromatic heterocycles. The second-order valence-electron chi connectivity index (χ2n) is 5.32. The lowest BCUT2D eigenvalue weighted by molar-refractivity contribution is -0.0254. The summed E-state index contributed by atoms with van der Waals surface area (Å²) in [5, 5.41) is 3.97. The molecule has 100 valence electrons. The van der Waals surface area contributed by atoms with Crippen molar-refractivity contribution >= 4 is 11.6 Å². The summed E-state index contributed by atoms with van der Waals surface area (Å²) in [5.41, 5.74) is 0. The van der Waals surface area contributed by atoms with E-state index in [1.54, 1.807) is 0 Å². The molecule has 0 spiro atoms. The maximum absolute atomic E-state index is 6.11. The smallest absolute Gasteiger partial charge is 0.0826 e. The third-order valence-corrected chi connectivity index (χ3v) is 4.35. The SMILES string of the molecule is CCN1CCOC(CNCC2CCC(Cl)C2)C1. The summed E-state index contributed by atoms with van der Waals surface area (Å²) in [7, 11) is 0. The molecular weight excluding hydrogens is 236 g/mol. The van der Waals surface area contributed by atoms with Gasteiger partial charge in [-0.15, -0.1) is 11.6 Å². The fraction of sp³-hybridized carbons (Fsp3) is 1.00. The van der Waals surface area contributed by atoms with E-state index in [1.807, 2.05) is 0 Å². The van der Waals surface area contributed by atoms with Gasteiger partial charge < -0.3 is 10.1 Å². The molecule has 3 unspecified atom stereocenters. The van der Waals surface area contributed by atoms with E-state index in [9.17, 15) is 0 Å². The first-order valence-electron chi connectivity index (χ1n) is 6.96. The van der Waals surface area contributed by atoms with E-state index in [4.69, 9.17) is 16.3 Å². The van der Waals surface area contributed by atoms with Gasteiger partial charge >= 0.3 is 0 Å². The second-order valence-corrected chi connectivity index (χ2v) is 5.94. The molecule has 2 aliphatic rings. The molecule has 1 aliphatic heterocycles. The molecule has 1 heterocycles. The van der Waals surface area contributed by atoms with Crippen LogP contribution in [-0.2, 0) is 4.74 Å². The number of hydrogen-bond acceptors (Lipinski definition) is 3. The summed E-state index contributed by atoms with van der Waals surface area (Å²) in [6.45, 7) is 8.49. The van der Waals surface area contributed by atoms with Crippen LogP contribution in [0.4, 0.5) is 0 Å². The highest BCUT2D eigenvalue weighted by molar-refractivity contribution is 6.20. The van der Waals surface area contributed by atoms with Gasteiger partial charge in [-0.3, -0.25) is 4.90 Å². The summed E-state index contributed by atoms with van der Waals surface area (Å²) in [6.07, 6.45) is 4.03. The summed E-state index contributed by atoms with van der Waals surface area (Å²) in [6, 6.07) is 0. The van der Waals surface area contributed by atoms with E-state index < -0.39 is 0 Å². The van der Waals surface area contributed by atoms with E-state index in [0.29, 0.717) is 11.5 Å². The number of ether oxygens (including phenoxy) is 1. The van der Waals surface area contributed by atoms with Crippen molar-refractivity contribution < 1.29 is 4.74 Å². The minimum Gasteiger partial charge on any atom is -0.374 e. The van der Waals surface area contributed by atoms with Gasteiger partial charge in [0.2, 0.25) is 0 Å². The van der Waals surface area contributed by atoms with Crippen molar-refractivity contribution in [3.63, 3.8) is 0 Å². The molecule has 0 radical (unpaired) electrons. The molecule has 1 N–H and O–H groups in total. The Kier molecular flexibility index (Phi) is 5.54. The Hall–Kier alpha value is 0.170. The average Bonchev–Trinajstić information content (AvgIpc) is 2.75. The molecule has 4 heteroatoms. The lowest BCUT2D eigenvalue weighted by Crippen LogP contribution is -2.46. The van der Waals surface area contributed by atoms with Crippen molar-refractivity contribution in [3.05, 3.63) is 0 Å². The molecule has 17 heavy (non-hydrogen) atoms. The number of rotatable bonds is 5. The molecule has 1 saturated heterocycles. The number of nitrogens with zero attached hydrogens (tertiary/aromatic N) is 1. The third kappa shape index (κ3) is 4.40. The van der Waals surface area contributed by atoms with E-state index in [1.165, 1.54) is 19.3 Å². The van der Waals surface area contributed by atoms with Gasteiger partial charge in [-0.05, 0) is 38.3 Å². The molecule has 2 fully saturated rings.